The molecule has 0 saturated carbocycles. The quantitative estimate of drug-likeness (QED) is 0.413. The summed E-state index contributed by atoms with van der Waals surface area (Å²) in [6, 6.07) is 21.6. The smallest absolute Gasteiger partial charge is 0.295 e. The molecule has 150 valence electrons. The van der Waals surface area contributed by atoms with Crippen molar-refractivity contribution in [3.8, 4) is 17.1 Å². The first kappa shape index (κ1) is 20.0. The van der Waals surface area contributed by atoms with Gasteiger partial charge in [-0.15, -0.1) is 5.10 Å². The zero-order valence-corrected chi connectivity index (χ0v) is 18.6. The van der Waals surface area contributed by atoms with Gasteiger partial charge in [-0.3, -0.25) is 4.79 Å². The Kier molecular flexibility index (Phi) is 5.50. The summed E-state index contributed by atoms with van der Waals surface area (Å²) < 4.78 is 2.71. The molecule has 0 saturated heterocycles. The monoisotopic (exact) mass is 460 g/mol. The highest BCUT2D eigenvalue weighted by atomic mass is 79.9. The fraction of sp³-hybridized carbons (Fsp3) is 0.125. The van der Waals surface area contributed by atoms with Crippen LogP contribution in [0.5, 0.6) is 0 Å². The van der Waals surface area contributed by atoms with Gasteiger partial charge in [0.1, 0.15) is 0 Å². The number of hydrogen-bond acceptors (Lipinski definition) is 3. The van der Waals surface area contributed by atoms with E-state index in [0.29, 0.717) is 5.82 Å². The van der Waals surface area contributed by atoms with Gasteiger partial charge < -0.3 is 5.32 Å². The molecule has 0 aliphatic carbocycles. The average Bonchev–Trinajstić information content (AvgIpc) is 3.18. The highest BCUT2D eigenvalue weighted by Gasteiger charge is 2.20. The number of carbonyl (C=O) groups is 1. The van der Waals surface area contributed by atoms with Crippen LogP contribution in [-0.2, 0) is 0 Å². The number of amides is 1. The average molecular weight is 461 g/mol. The predicted molar refractivity (Wildman–Crippen MR) is 123 cm³/mol. The minimum atomic E-state index is -0.346. The van der Waals surface area contributed by atoms with Crippen LogP contribution in [-0.4, -0.2) is 20.7 Å². The zero-order chi connectivity index (χ0) is 21.3. The van der Waals surface area contributed by atoms with Gasteiger partial charge in [0.25, 0.3) is 5.91 Å². The number of rotatable bonds is 4. The molecule has 1 N–H and O–H groups in total. The molecule has 0 unspecified atom stereocenters. The van der Waals surface area contributed by atoms with Gasteiger partial charge in [0, 0.05) is 15.7 Å². The van der Waals surface area contributed by atoms with Crippen LogP contribution in [0.3, 0.4) is 0 Å². The summed E-state index contributed by atoms with van der Waals surface area (Å²) in [5, 5.41) is 7.51. The van der Waals surface area contributed by atoms with Crippen molar-refractivity contribution in [3.05, 3.63) is 93.7 Å². The second-order valence-corrected chi connectivity index (χ2v) is 8.16. The van der Waals surface area contributed by atoms with E-state index in [-0.39, 0.29) is 11.7 Å². The molecule has 6 heteroatoms. The van der Waals surface area contributed by atoms with Crippen molar-refractivity contribution in [1.29, 1.82) is 0 Å². The van der Waals surface area contributed by atoms with Crippen molar-refractivity contribution in [1.82, 2.24) is 14.8 Å². The molecule has 0 fully saturated rings. The summed E-state index contributed by atoms with van der Waals surface area (Å²) in [4.78, 5) is 17.6. The van der Waals surface area contributed by atoms with Crippen LogP contribution < -0.4 is 5.32 Å². The number of nitrogens with one attached hydrogen (secondary N) is 1. The Labute approximate surface area is 183 Å². The van der Waals surface area contributed by atoms with E-state index in [1.165, 1.54) is 0 Å². The molecule has 0 aliphatic rings. The molecule has 4 aromatic rings. The van der Waals surface area contributed by atoms with E-state index >= 15 is 0 Å². The van der Waals surface area contributed by atoms with Crippen molar-refractivity contribution >= 4 is 27.5 Å². The lowest BCUT2D eigenvalue weighted by molar-refractivity contribution is 0.101. The molecule has 0 aliphatic heterocycles. The molecule has 1 aromatic heterocycles. The zero-order valence-electron chi connectivity index (χ0n) is 17.0. The van der Waals surface area contributed by atoms with E-state index in [9.17, 15) is 4.79 Å². The summed E-state index contributed by atoms with van der Waals surface area (Å²) in [7, 11) is 0. The fourth-order valence-corrected chi connectivity index (χ4v) is 3.72. The molecular weight excluding hydrogens is 440 g/mol. The minimum absolute atomic E-state index is 0.122. The fourth-order valence-electron chi connectivity index (χ4n) is 3.24. The third-order valence-corrected chi connectivity index (χ3v) is 5.36. The first-order valence-electron chi connectivity index (χ1n) is 9.60. The number of aromatic nitrogens is 3. The SMILES string of the molecule is Cc1ccc(C)c(-n2nc(C(=O)Nc3ccc(Br)cc3C)nc2-c2ccccc2)c1. The Hall–Kier alpha value is -3.25. The van der Waals surface area contributed by atoms with E-state index in [4.69, 9.17) is 0 Å². The van der Waals surface area contributed by atoms with Crippen molar-refractivity contribution in [3.63, 3.8) is 0 Å². The third kappa shape index (κ3) is 4.04. The Morgan fingerprint density at radius 1 is 0.933 bits per heavy atom. The van der Waals surface area contributed by atoms with Crippen LogP contribution in [0.25, 0.3) is 17.1 Å². The number of benzene rings is 3. The van der Waals surface area contributed by atoms with Gasteiger partial charge in [0.15, 0.2) is 5.82 Å². The molecule has 3 aromatic carbocycles. The van der Waals surface area contributed by atoms with Crippen molar-refractivity contribution in [2.45, 2.75) is 20.8 Å². The second-order valence-electron chi connectivity index (χ2n) is 7.24. The van der Waals surface area contributed by atoms with Crippen LogP contribution in [0, 0.1) is 20.8 Å². The molecule has 1 amide bonds. The number of hydrogen-bond donors (Lipinski definition) is 1. The second kappa shape index (κ2) is 8.24. The lowest BCUT2D eigenvalue weighted by atomic mass is 10.1. The summed E-state index contributed by atoms with van der Waals surface area (Å²) >= 11 is 3.44. The Balaban J connectivity index is 1.79. The number of halogens is 1. The molecule has 0 bridgehead atoms. The van der Waals surface area contributed by atoms with Crippen LogP contribution in [0.4, 0.5) is 5.69 Å². The van der Waals surface area contributed by atoms with Crippen LogP contribution in [0.15, 0.2) is 71.2 Å². The van der Waals surface area contributed by atoms with Gasteiger partial charge in [-0.1, -0.05) is 58.4 Å². The predicted octanol–water partition coefficient (Wildman–Crippen LogP) is 5.87. The lowest BCUT2D eigenvalue weighted by Gasteiger charge is -2.10. The largest absolute Gasteiger partial charge is 0.319 e. The first-order chi connectivity index (χ1) is 14.4. The highest BCUT2D eigenvalue weighted by Crippen LogP contribution is 2.25. The lowest BCUT2D eigenvalue weighted by Crippen LogP contribution is -2.15. The minimum Gasteiger partial charge on any atom is -0.319 e. The van der Waals surface area contributed by atoms with E-state index in [1.807, 2.05) is 75.4 Å². The van der Waals surface area contributed by atoms with E-state index in [2.05, 4.69) is 43.5 Å². The summed E-state index contributed by atoms with van der Waals surface area (Å²) in [6.45, 7) is 6.00. The van der Waals surface area contributed by atoms with Crippen molar-refractivity contribution in [2.24, 2.45) is 0 Å². The molecular formula is C24H21BrN4O. The molecule has 1 heterocycles. The van der Waals surface area contributed by atoms with Crippen LogP contribution in [0.1, 0.15) is 27.3 Å². The van der Waals surface area contributed by atoms with Gasteiger partial charge in [-0.05, 0) is 61.7 Å². The number of carbonyl (C=O) groups excluding carboxylic acids is 1. The molecule has 5 nitrogen and oxygen atoms in total. The normalized spacial score (nSPS) is 10.8. The van der Waals surface area contributed by atoms with E-state index in [1.54, 1.807) is 4.68 Å². The number of aryl methyl sites for hydroxylation is 3. The Morgan fingerprint density at radius 2 is 1.70 bits per heavy atom. The van der Waals surface area contributed by atoms with Gasteiger partial charge in [-0.25, -0.2) is 9.67 Å². The standard InChI is InChI=1S/C24H21BrN4O/c1-15-9-10-16(2)21(13-15)29-23(18-7-5-4-6-8-18)27-22(28-29)24(30)26-20-12-11-19(25)14-17(20)3/h4-14H,1-3H3,(H,26,30). The maximum absolute atomic E-state index is 13.0. The molecule has 0 spiro atoms. The molecule has 0 radical (unpaired) electrons. The molecule has 30 heavy (non-hydrogen) atoms. The van der Waals surface area contributed by atoms with Gasteiger partial charge in [0.05, 0.1) is 5.69 Å². The van der Waals surface area contributed by atoms with E-state index < -0.39 is 0 Å². The van der Waals surface area contributed by atoms with Gasteiger partial charge in [0.2, 0.25) is 5.82 Å². The summed E-state index contributed by atoms with van der Waals surface area (Å²) in [6.07, 6.45) is 0. The van der Waals surface area contributed by atoms with Gasteiger partial charge in [-0.2, -0.15) is 0 Å². The van der Waals surface area contributed by atoms with Crippen molar-refractivity contribution < 1.29 is 4.79 Å². The summed E-state index contributed by atoms with van der Waals surface area (Å²) in [5.41, 5.74) is 5.65. The first-order valence-corrected chi connectivity index (χ1v) is 10.4. The maximum Gasteiger partial charge on any atom is 0.295 e. The summed E-state index contributed by atoms with van der Waals surface area (Å²) in [5.74, 6) is 0.403. The number of anilines is 1. The van der Waals surface area contributed by atoms with Gasteiger partial charge >= 0.3 is 0 Å². The van der Waals surface area contributed by atoms with Crippen LogP contribution in [0.2, 0.25) is 0 Å². The third-order valence-electron chi connectivity index (χ3n) is 4.87. The number of nitrogens with zero attached hydrogens (tertiary/aromatic N) is 3. The van der Waals surface area contributed by atoms with Crippen molar-refractivity contribution in [2.75, 3.05) is 5.32 Å². The molecule has 0 atom stereocenters. The van der Waals surface area contributed by atoms with E-state index in [0.717, 1.165) is 38.1 Å². The maximum atomic E-state index is 13.0. The van der Waals surface area contributed by atoms with Crippen LogP contribution >= 0.6 is 15.9 Å². The Bertz CT molecular complexity index is 1230. The Morgan fingerprint density at radius 3 is 2.43 bits per heavy atom. The topological polar surface area (TPSA) is 59.8 Å². The molecule has 4 rings (SSSR count). The highest BCUT2D eigenvalue weighted by molar-refractivity contribution is 9.10.